The number of hydrogen-bond acceptors (Lipinski definition) is 18. The number of hydrogen-bond donors (Lipinski definition) is 0. The molecule has 10 atom stereocenters. The summed E-state index contributed by atoms with van der Waals surface area (Å²) in [5.74, 6) is -6.71. The summed E-state index contributed by atoms with van der Waals surface area (Å²) in [6.45, 7) is 2.09. The number of ether oxygens (including phenoxy) is 11. The Morgan fingerprint density at radius 3 is 1.36 bits per heavy atom. The van der Waals surface area contributed by atoms with Crippen LogP contribution in [0.25, 0.3) is 0 Å². The van der Waals surface area contributed by atoms with Gasteiger partial charge in [0, 0.05) is 21.0 Å². The Morgan fingerprint density at radius 1 is 0.492 bits per heavy atom. The van der Waals surface area contributed by atoms with Crippen LogP contribution < -0.4 is 0 Å². The van der Waals surface area contributed by atoms with Crippen molar-refractivity contribution in [1.82, 2.24) is 0 Å². The van der Waals surface area contributed by atoms with Gasteiger partial charge >= 0.3 is 41.8 Å². The molecule has 5 rings (SSSR count). The standard InChI is InChI=1S/C41H42O18/c1-22(42)52-32-31(33(39(48)50-4)59-40(51-5)34(32)53-23(2)43)58-41-35(57-38(47)26-19-13-8-14-20-26)30(56-37(46)25-17-11-7-12-18-25)29(27(54-41)21-28(44)49-3)55-36(45)24-15-9-6-10-16-24/h6-20,27,29-35,40-41H,21H2,1-5H3/t27-,29+,30+,31+,32+,33+,34-,35-,40+,41+/m1/s1. The van der Waals surface area contributed by atoms with Crippen molar-refractivity contribution in [2.24, 2.45) is 0 Å². The molecule has 18 heteroatoms. The highest BCUT2D eigenvalue weighted by Crippen LogP contribution is 2.37. The quantitative estimate of drug-likeness (QED) is 0.168. The Kier molecular flexibility index (Phi) is 15.2. The SMILES string of the molecule is COC(=O)C[C@H]1O[C@@H](O[C@H]2[C@H](OC(C)=O)[C@@H](OC(C)=O)[C@@H](OC)O[C@@H]2C(=O)OC)[C@H](OC(=O)c2ccccc2)[C@@H](OC(=O)c2ccccc2)[C@H]1OC(=O)c1ccccc1. The second kappa shape index (κ2) is 20.5. The van der Waals surface area contributed by atoms with Crippen molar-refractivity contribution in [2.75, 3.05) is 21.3 Å². The van der Waals surface area contributed by atoms with E-state index in [4.69, 9.17) is 52.1 Å². The number of carbonyl (C=O) groups excluding carboxylic acids is 7. The highest BCUT2D eigenvalue weighted by Gasteiger charge is 2.59. The van der Waals surface area contributed by atoms with E-state index in [1.807, 2.05) is 0 Å². The van der Waals surface area contributed by atoms with Gasteiger partial charge in [-0.2, -0.15) is 0 Å². The van der Waals surface area contributed by atoms with E-state index in [-0.39, 0.29) is 16.7 Å². The van der Waals surface area contributed by atoms with E-state index < -0.39 is 110 Å². The van der Waals surface area contributed by atoms with Gasteiger partial charge in [-0.1, -0.05) is 54.6 Å². The second-order valence-corrected chi connectivity index (χ2v) is 13.0. The molecule has 0 aliphatic carbocycles. The molecule has 2 aliphatic rings. The number of methoxy groups -OCH3 is 3. The van der Waals surface area contributed by atoms with Gasteiger partial charge in [0.1, 0.15) is 12.2 Å². The van der Waals surface area contributed by atoms with Crippen molar-refractivity contribution in [3.63, 3.8) is 0 Å². The van der Waals surface area contributed by atoms with Gasteiger partial charge in [0.05, 0.1) is 37.3 Å². The summed E-state index contributed by atoms with van der Waals surface area (Å²) in [5, 5.41) is 0. The maximum absolute atomic E-state index is 13.9. The third-order valence-electron chi connectivity index (χ3n) is 9.00. The molecule has 2 aliphatic heterocycles. The third kappa shape index (κ3) is 11.1. The van der Waals surface area contributed by atoms with E-state index in [0.29, 0.717) is 0 Å². The van der Waals surface area contributed by atoms with Crippen LogP contribution >= 0.6 is 0 Å². The van der Waals surface area contributed by atoms with Gasteiger partial charge in [0.25, 0.3) is 0 Å². The van der Waals surface area contributed by atoms with Crippen LogP contribution in [0.5, 0.6) is 0 Å². The molecule has 18 nitrogen and oxygen atoms in total. The lowest BCUT2D eigenvalue weighted by Crippen LogP contribution is -2.67. The van der Waals surface area contributed by atoms with E-state index >= 15 is 0 Å². The highest BCUT2D eigenvalue weighted by atomic mass is 16.8. The van der Waals surface area contributed by atoms with Crippen LogP contribution in [0.3, 0.4) is 0 Å². The molecular formula is C41H42O18. The molecule has 2 saturated heterocycles. The van der Waals surface area contributed by atoms with Gasteiger partial charge in [0.2, 0.25) is 0 Å². The molecule has 3 aromatic carbocycles. The molecule has 0 saturated carbocycles. The van der Waals surface area contributed by atoms with Crippen molar-refractivity contribution in [2.45, 2.75) is 81.7 Å². The average Bonchev–Trinajstić information content (AvgIpc) is 3.24. The van der Waals surface area contributed by atoms with Crippen molar-refractivity contribution in [1.29, 1.82) is 0 Å². The molecule has 0 aromatic heterocycles. The fourth-order valence-corrected chi connectivity index (χ4v) is 6.35. The summed E-state index contributed by atoms with van der Waals surface area (Å²) in [7, 11) is 3.29. The van der Waals surface area contributed by atoms with E-state index in [0.717, 1.165) is 28.1 Å². The number of carbonyl (C=O) groups is 7. The molecular weight excluding hydrogens is 780 g/mol. The number of rotatable bonds is 14. The number of esters is 7. The van der Waals surface area contributed by atoms with Crippen LogP contribution in [0, 0.1) is 0 Å². The topological polar surface area (TPSA) is 221 Å². The van der Waals surface area contributed by atoms with Crippen molar-refractivity contribution in [3.05, 3.63) is 108 Å². The van der Waals surface area contributed by atoms with Gasteiger partial charge in [-0.25, -0.2) is 19.2 Å². The average molecular weight is 823 g/mol. The molecule has 3 aromatic rings. The largest absolute Gasteiger partial charge is 0.469 e. The van der Waals surface area contributed by atoms with Gasteiger partial charge in [-0.3, -0.25) is 14.4 Å². The molecule has 0 radical (unpaired) electrons. The van der Waals surface area contributed by atoms with Crippen LogP contribution in [0.2, 0.25) is 0 Å². The Labute approximate surface area is 337 Å². The van der Waals surface area contributed by atoms with Crippen LogP contribution in [0.15, 0.2) is 91.0 Å². The minimum atomic E-state index is -1.99. The Morgan fingerprint density at radius 2 is 0.915 bits per heavy atom. The van der Waals surface area contributed by atoms with Crippen molar-refractivity contribution < 1.29 is 85.7 Å². The molecule has 0 N–H and O–H groups in total. The van der Waals surface area contributed by atoms with Crippen molar-refractivity contribution in [3.8, 4) is 0 Å². The Bertz CT molecular complexity index is 1940. The third-order valence-corrected chi connectivity index (χ3v) is 9.00. The van der Waals surface area contributed by atoms with E-state index in [2.05, 4.69) is 0 Å². The lowest BCUT2D eigenvalue weighted by Gasteiger charge is -2.48. The maximum Gasteiger partial charge on any atom is 0.338 e. The van der Waals surface area contributed by atoms with E-state index in [9.17, 15) is 33.6 Å². The minimum absolute atomic E-state index is 0.0120. The molecule has 0 spiro atoms. The highest BCUT2D eigenvalue weighted by molar-refractivity contribution is 5.91. The summed E-state index contributed by atoms with van der Waals surface area (Å²) < 4.78 is 62.8. The summed E-state index contributed by atoms with van der Waals surface area (Å²) in [5.41, 5.74) is 0.0961. The minimum Gasteiger partial charge on any atom is -0.469 e. The summed E-state index contributed by atoms with van der Waals surface area (Å²) >= 11 is 0. The molecule has 2 fully saturated rings. The molecule has 59 heavy (non-hydrogen) atoms. The first-order valence-corrected chi connectivity index (χ1v) is 18.1. The monoisotopic (exact) mass is 822 g/mol. The summed E-state index contributed by atoms with van der Waals surface area (Å²) in [6, 6.07) is 22.9. The second-order valence-electron chi connectivity index (χ2n) is 13.0. The fourth-order valence-electron chi connectivity index (χ4n) is 6.35. The predicted octanol–water partition coefficient (Wildman–Crippen LogP) is 2.74. The zero-order valence-electron chi connectivity index (χ0n) is 32.5. The van der Waals surface area contributed by atoms with E-state index in [1.165, 1.54) is 43.5 Å². The van der Waals surface area contributed by atoms with Crippen LogP contribution in [-0.4, -0.2) is 125 Å². The maximum atomic E-state index is 13.9. The van der Waals surface area contributed by atoms with Gasteiger partial charge in [0.15, 0.2) is 49.2 Å². The Balaban J connectivity index is 1.69. The van der Waals surface area contributed by atoms with Gasteiger partial charge in [-0.05, 0) is 36.4 Å². The zero-order chi connectivity index (χ0) is 42.6. The van der Waals surface area contributed by atoms with Crippen LogP contribution in [0.1, 0.15) is 51.3 Å². The summed E-state index contributed by atoms with van der Waals surface area (Å²) in [6.07, 6.45) is -18.2. The predicted molar refractivity (Wildman–Crippen MR) is 196 cm³/mol. The van der Waals surface area contributed by atoms with Crippen molar-refractivity contribution >= 4 is 41.8 Å². The molecule has 2 heterocycles. The van der Waals surface area contributed by atoms with E-state index in [1.54, 1.807) is 54.6 Å². The smallest absolute Gasteiger partial charge is 0.338 e. The first kappa shape index (κ1) is 43.9. The van der Waals surface area contributed by atoms with Crippen LogP contribution in [-0.2, 0) is 71.3 Å². The Hall–Kier alpha value is -6.21. The normalized spacial score (nSPS) is 26.3. The first-order valence-electron chi connectivity index (χ1n) is 18.1. The molecule has 0 amide bonds. The zero-order valence-corrected chi connectivity index (χ0v) is 32.5. The van der Waals surface area contributed by atoms with Gasteiger partial charge in [-0.15, -0.1) is 0 Å². The first-order chi connectivity index (χ1) is 28.3. The lowest BCUT2D eigenvalue weighted by atomic mass is 9.94. The van der Waals surface area contributed by atoms with Gasteiger partial charge < -0.3 is 52.1 Å². The molecule has 0 unspecified atom stereocenters. The van der Waals surface area contributed by atoms with Crippen LogP contribution in [0.4, 0.5) is 0 Å². The number of benzene rings is 3. The fraction of sp³-hybridized carbons (Fsp3) is 0.390. The lowest BCUT2D eigenvalue weighted by molar-refractivity contribution is -0.350. The molecule has 314 valence electrons. The molecule has 0 bridgehead atoms. The summed E-state index contributed by atoms with van der Waals surface area (Å²) in [4.78, 5) is 92.7.